The fourth-order valence-electron chi connectivity index (χ4n) is 2.68. The first-order valence-electron chi connectivity index (χ1n) is 8.34. The van der Waals surface area contributed by atoms with Crippen LogP contribution >= 0.6 is 11.3 Å². The molecule has 0 bridgehead atoms. The first-order valence-corrected chi connectivity index (χ1v) is 9.15. The van der Waals surface area contributed by atoms with Gasteiger partial charge in [0.2, 0.25) is 17.7 Å². The van der Waals surface area contributed by atoms with Gasteiger partial charge in [-0.25, -0.2) is 9.37 Å². The number of benzene rings is 1. The second-order valence-corrected chi connectivity index (χ2v) is 7.49. The van der Waals surface area contributed by atoms with Gasteiger partial charge in [0.05, 0.1) is 37.4 Å². The molecule has 2 heterocycles. The number of likely N-dealkylation sites (N-methyl/N-ethyl adjacent to an activating group) is 1. The summed E-state index contributed by atoms with van der Waals surface area (Å²) in [6.07, 6.45) is 0.294. The number of anilines is 1. The molecule has 26 heavy (non-hydrogen) atoms. The molecule has 1 aromatic carbocycles. The van der Waals surface area contributed by atoms with E-state index in [4.69, 9.17) is 0 Å². The van der Waals surface area contributed by atoms with Gasteiger partial charge in [-0.1, -0.05) is 11.3 Å². The van der Waals surface area contributed by atoms with E-state index in [-0.39, 0.29) is 42.9 Å². The number of quaternary nitrogens is 1. The third-order valence-electron chi connectivity index (χ3n) is 4.15. The maximum absolute atomic E-state index is 13.4. The Bertz CT molecular complexity index is 851. The molecule has 1 aromatic heterocycles. The lowest BCUT2D eigenvalue weighted by Gasteiger charge is -2.23. The number of carbonyl (C=O) groups excluding carboxylic acids is 3. The third kappa shape index (κ3) is 3.88. The van der Waals surface area contributed by atoms with E-state index in [2.05, 4.69) is 4.98 Å². The van der Waals surface area contributed by atoms with E-state index in [0.29, 0.717) is 28.4 Å². The van der Waals surface area contributed by atoms with Gasteiger partial charge in [-0.2, -0.15) is 0 Å². The highest BCUT2D eigenvalue weighted by Crippen LogP contribution is 2.29. The van der Waals surface area contributed by atoms with Crippen molar-refractivity contribution in [2.24, 2.45) is 0 Å². The van der Waals surface area contributed by atoms with Crippen LogP contribution in [0.1, 0.15) is 12.8 Å². The Labute approximate surface area is 154 Å². The molecule has 1 aliphatic rings. The number of nitrogens with zero attached hydrogens (tertiary/aromatic N) is 3. The van der Waals surface area contributed by atoms with Gasteiger partial charge in [0, 0.05) is 12.8 Å². The van der Waals surface area contributed by atoms with Crippen molar-refractivity contribution in [2.45, 2.75) is 12.8 Å². The van der Waals surface area contributed by atoms with Crippen LogP contribution < -0.4 is 9.80 Å². The normalized spacial score (nSPS) is 14.7. The van der Waals surface area contributed by atoms with Crippen molar-refractivity contribution in [3.8, 4) is 0 Å². The quantitative estimate of drug-likeness (QED) is 0.721. The molecule has 1 N–H and O–H groups in total. The van der Waals surface area contributed by atoms with Gasteiger partial charge in [-0.05, 0) is 18.2 Å². The predicted molar refractivity (Wildman–Crippen MR) is 95.6 cm³/mol. The predicted octanol–water partition coefficient (Wildman–Crippen LogP) is 0.0619. The summed E-state index contributed by atoms with van der Waals surface area (Å²) < 4.78 is 14.1. The van der Waals surface area contributed by atoms with E-state index >= 15 is 0 Å². The number of imide groups is 1. The van der Waals surface area contributed by atoms with Crippen LogP contribution in [-0.4, -0.2) is 61.3 Å². The molecule has 0 atom stereocenters. The van der Waals surface area contributed by atoms with Crippen molar-refractivity contribution in [1.29, 1.82) is 0 Å². The van der Waals surface area contributed by atoms with E-state index in [1.165, 1.54) is 28.4 Å². The number of aromatic nitrogens is 1. The number of rotatable bonds is 6. The molecule has 138 valence electrons. The topological polar surface area (TPSA) is 75.0 Å². The number of amides is 3. The molecule has 0 aliphatic carbocycles. The molecule has 2 aromatic rings. The molecule has 1 fully saturated rings. The zero-order valence-corrected chi connectivity index (χ0v) is 15.4. The standard InChI is InChI=1S/C17H19FN4O3S/c1-20(2)7-8-21(16(25)10-22-14(23)5-6-15(22)24)17-19-12-4-3-11(18)9-13(12)26-17/h3-4,9H,5-8,10H2,1-2H3/p+1. The van der Waals surface area contributed by atoms with Crippen LogP contribution in [0.25, 0.3) is 10.2 Å². The maximum Gasteiger partial charge on any atom is 0.249 e. The number of halogens is 1. The Balaban J connectivity index is 1.86. The largest absolute Gasteiger partial charge is 0.338 e. The Morgan fingerprint density at radius 3 is 2.65 bits per heavy atom. The van der Waals surface area contributed by atoms with Crippen LogP contribution in [0, 0.1) is 5.82 Å². The van der Waals surface area contributed by atoms with Crippen LogP contribution in [0.3, 0.4) is 0 Å². The summed E-state index contributed by atoms with van der Waals surface area (Å²) in [5.41, 5.74) is 0.606. The second-order valence-electron chi connectivity index (χ2n) is 6.48. The number of hydrogen-bond donors (Lipinski definition) is 1. The summed E-state index contributed by atoms with van der Waals surface area (Å²) >= 11 is 1.22. The fraction of sp³-hybridized carbons (Fsp3) is 0.412. The van der Waals surface area contributed by atoms with Gasteiger partial charge in [-0.3, -0.25) is 24.2 Å². The van der Waals surface area contributed by atoms with Crippen LogP contribution in [0.2, 0.25) is 0 Å². The molecular weight excluding hydrogens is 359 g/mol. The zero-order valence-electron chi connectivity index (χ0n) is 14.6. The van der Waals surface area contributed by atoms with Crippen molar-refractivity contribution in [1.82, 2.24) is 9.88 Å². The van der Waals surface area contributed by atoms with Crippen LogP contribution in [0.15, 0.2) is 18.2 Å². The highest BCUT2D eigenvalue weighted by molar-refractivity contribution is 7.22. The van der Waals surface area contributed by atoms with E-state index in [9.17, 15) is 18.8 Å². The summed E-state index contributed by atoms with van der Waals surface area (Å²) in [5, 5.41) is 0.441. The van der Waals surface area contributed by atoms with Gasteiger partial charge in [0.25, 0.3) is 0 Å². The highest BCUT2D eigenvalue weighted by atomic mass is 32.1. The average molecular weight is 379 g/mol. The van der Waals surface area contributed by atoms with Gasteiger partial charge in [0.15, 0.2) is 5.13 Å². The monoisotopic (exact) mass is 379 g/mol. The second kappa shape index (κ2) is 7.46. The molecule has 1 aliphatic heterocycles. The minimum absolute atomic E-state index is 0.147. The number of fused-ring (bicyclic) bond motifs is 1. The summed E-state index contributed by atoms with van der Waals surface area (Å²) in [4.78, 5) is 44.5. The molecule has 3 amide bonds. The number of carbonyl (C=O) groups is 3. The number of nitrogens with one attached hydrogen (secondary N) is 1. The van der Waals surface area contributed by atoms with Crippen molar-refractivity contribution in [2.75, 3.05) is 38.6 Å². The molecule has 0 spiro atoms. The van der Waals surface area contributed by atoms with Crippen molar-refractivity contribution in [3.63, 3.8) is 0 Å². The molecule has 7 nitrogen and oxygen atoms in total. The summed E-state index contributed by atoms with van der Waals surface area (Å²) in [5.74, 6) is -1.38. The highest BCUT2D eigenvalue weighted by Gasteiger charge is 2.32. The minimum Gasteiger partial charge on any atom is -0.338 e. The summed E-state index contributed by atoms with van der Waals surface area (Å²) in [6.45, 7) is 0.766. The maximum atomic E-state index is 13.4. The Morgan fingerprint density at radius 1 is 1.31 bits per heavy atom. The van der Waals surface area contributed by atoms with Crippen LogP contribution in [0.4, 0.5) is 9.52 Å². The SMILES string of the molecule is C[NH+](C)CCN(C(=O)CN1C(=O)CCC1=O)c1nc2ccc(F)cc2s1. The van der Waals surface area contributed by atoms with E-state index in [1.54, 1.807) is 6.07 Å². The summed E-state index contributed by atoms with van der Waals surface area (Å²) in [7, 11) is 3.92. The first-order chi connectivity index (χ1) is 12.3. The molecule has 0 radical (unpaired) electrons. The molecule has 1 saturated heterocycles. The molecule has 9 heteroatoms. The van der Waals surface area contributed by atoms with Crippen LogP contribution in [0.5, 0.6) is 0 Å². The van der Waals surface area contributed by atoms with E-state index in [0.717, 1.165) is 9.80 Å². The van der Waals surface area contributed by atoms with Crippen molar-refractivity contribution >= 4 is 44.4 Å². The van der Waals surface area contributed by atoms with Gasteiger partial charge >= 0.3 is 0 Å². The van der Waals surface area contributed by atoms with Gasteiger partial charge < -0.3 is 4.90 Å². The van der Waals surface area contributed by atoms with E-state index < -0.39 is 0 Å². The fourth-order valence-corrected chi connectivity index (χ4v) is 3.72. The minimum atomic E-state index is -0.366. The van der Waals surface area contributed by atoms with Gasteiger partial charge in [0.1, 0.15) is 12.4 Å². The smallest absolute Gasteiger partial charge is 0.249 e. The van der Waals surface area contributed by atoms with E-state index in [1.807, 2.05) is 14.1 Å². The molecule has 3 rings (SSSR count). The Kier molecular flexibility index (Phi) is 5.28. The van der Waals surface area contributed by atoms with Crippen LogP contribution in [-0.2, 0) is 14.4 Å². The Hall–Kier alpha value is -2.39. The molecule has 0 unspecified atom stereocenters. The number of likely N-dealkylation sites (tertiary alicyclic amines) is 1. The number of hydrogen-bond acceptors (Lipinski definition) is 5. The van der Waals surface area contributed by atoms with Crippen molar-refractivity contribution < 1.29 is 23.7 Å². The Morgan fingerprint density at radius 2 is 2.00 bits per heavy atom. The summed E-state index contributed by atoms with van der Waals surface area (Å²) in [6, 6.07) is 4.27. The molecular formula is C17H20FN4O3S+. The zero-order chi connectivity index (χ0) is 18.8. The average Bonchev–Trinajstić information content (AvgIpc) is 3.12. The third-order valence-corrected chi connectivity index (χ3v) is 5.20. The van der Waals surface area contributed by atoms with Crippen molar-refractivity contribution in [3.05, 3.63) is 24.0 Å². The lowest BCUT2D eigenvalue weighted by atomic mass is 10.3. The first kappa shape index (κ1) is 18.4. The molecule has 0 saturated carbocycles. The lowest BCUT2D eigenvalue weighted by molar-refractivity contribution is -0.856. The lowest BCUT2D eigenvalue weighted by Crippen LogP contribution is -3.06. The number of thiazole rings is 1. The van der Waals surface area contributed by atoms with Gasteiger partial charge in [-0.15, -0.1) is 0 Å².